The number of amides is 1. The van der Waals surface area contributed by atoms with Gasteiger partial charge in [-0.25, -0.2) is 18.3 Å². The van der Waals surface area contributed by atoms with E-state index in [1.807, 2.05) is 0 Å². The molecule has 0 radical (unpaired) electrons. The first kappa shape index (κ1) is 19.9. The van der Waals surface area contributed by atoms with Gasteiger partial charge in [0.2, 0.25) is 0 Å². The van der Waals surface area contributed by atoms with Crippen molar-refractivity contribution in [1.82, 2.24) is 10.6 Å². The highest BCUT2D eigenvalue weighted by Crippen LogP contribution is 2.30. The van der Waals surface area contributed by atoms with Crippen LogP contribution in [0.2, 0.25) is 0 Å². The Balaban J connectivity index is 2.25. The Labute approximate surface area is 149 Å². The summed E-state index contributed by atoms with van der Waals surface area (Å²) in [4.78, 5) is 11.8. The first-order valence-electron chi connectivity index (χ1n) is 7.56. The van der Waals surface area contributed by atoms with Gasteiger partial charge in [0.15, 0.2) is 27.2 Å². The lowest BCUT2D eigenvalue weighted by molar-refractivity contribution is -0.131. The zero-order valence-corrected chi connectivity index (χ0v) is 15.3. The molecule has 1 aromatic carbocycles. The Kier molecular flexibility index (Phi) is 5.67. The van der Waals surface area contributed by atoms with Crippen LogP contribution in [0.25, 0.3) is 11.3 Å². The SMILES string of the molecule is COc1cccc(-c2cc(CCC(C)(C(=O)NO)S(C)(=O)=O)no2)c1F. The number of carbonyl (C=O) groups is 1. The van der Waals surface area contributed by atoms with Crippen LogP contribution in [-0.4, -0.2) is 42.8 Å². The Morgan fingerprint density at radius 3 is 2.73 bits per heavy atom. The van der Waals surface area contributed by atoms with E-state index >= 15 is 0 Å². The van der Waals surface area contributed by atoms with Crippen LogP contribution in [0.3, 0.4) is 0 Å². The lowest BCUT2D eigenvalue weighted by Crippen LogP contribution is -2.49. The molecule has 0 spiro atoms. The van der Waals surface area contributed by atoms with Crippen LogP contribution in [0.5, 0.6) is 5.75 Å². The zero-order chi connectivity index (χ0) is 19.5. The predicted octanol–water partition coefficient (Wildman–Crippen LogP) is 1.73. The van der Waals surface area contributed by atoms with Gasteiger partial charge in [-0.3, -0.25) is 10.0 Å². The van der Waals surface area contributed by atoms with Crippen molar-refractivity contribution in [3.8, 4) is 17.1 Å². The fourth-order valence-electron chi connectivity index (χ4n) is 2.37. The summed E-state index contributed by atoms with van der Waals surface area (Å²) in [6.45, 7) is 1.20. The van der Waals surface area contributed by atoms with Gasteiger partial charge in [0.05, 0.1) is 18.4 Å². The summed E-state index contributed by atoms with van der Waals surface area (Å²) in [5, 5.41) is 12.6. The predicted molar refractivity (Wildman–Crippen MR) is 89.9 cm³/mol. The second kappa shape index (κ2) is 7.42. The van der Waals surface area contributed by atoms with Gasteiger partial charge < -0.3 is 9.26 Å². The average molecular weight is 386 g/mol. The van der Waals surface area contributed by atoms with E-state index < -0.39 is 26.3 Å². The number of hydroxylamine groups is 1. The summed E-state index contributed by atoms with van der Waals surface area (Å²) < 4.78 is 46.3. The molecule has 142 valence electrons. The molecule has 1 aromatic heterocycles. The van der Waals surface area contributed by atoms with Crippen molar-refractivity contribution in [2.75, 3.05) is 13.4 Å². The van der Waals surface area contributed by atoms with Crippen molar-refractivity contribution in [3.05, 3.63) is 35.8 Å². The molecule has 8 nitrogen and oxygen atoms in total. The number of ether oxygens (including phenoxy) is 1. The van der Waals surface area contributed by atoms with Gasteiger partial charge in [-0.2, -0.15) is 0 Å². The molecule has 1 heterocycles. The van der Waals surface area contributed by atoms with E-state index in [1.54, 1.807) is 6.07 Å². The number of aromatic nitrogens is 1. The van der Waals surface area contributed by atoms with Gasteiger partial charge in [-0.1, -0.05) is 11.2 Å². The molecule has 2 aromatic rings. The number of carbonyl (C=O) groups excluding carboxylic acids is 1. The molecule has 10 heteroatoms. The molecule has 0 aliphatic heterocycles. The number of rotatable bonds is 7. The first-order chi connectivity index (χ1) is 12.1. The van der Waals surface area contributed by atoms with Crippen LogP contribution < -0.4 is 10.2 Å². The number of nitrogens with one attached hydrogen (secondary N) is 1. The highest BCUT2D eigenvalue weighted by atomic mass is 32.2. The number of aryl methyl sites for hydroxylation is 1. The van der Waals surface area contributed by atoms with Gasteiger partial charge in [0.25, 0.3) is 5.91 Å². The van der Waals surface area contributed by atoms with E-state index in [4.69, 9.17) is 14.5 Å². The summed E-state index contributed by atoms with van der Waals surface area (Å²) in [5.74, 6) is -1.46. The largest absolute Gasteiger partial charge is 0.494 e. The van der Waals surface area contributed by atoms with Crippen LogP contribution in [0.4, 0.5) is 4.39 Å². The molecule has 0 fully saturated rings. The number of hydrogen-bond acceptors (Lipinski definition) is 7. The molecule has 2 rings (SSSR count). The first-order valence-corrected chi connectivity index (χ1v) is 9.45. The summed E-state index contributed by atoms with van der Waals surface area (Å²) in [6, 6.07) is 5.99. The third-order valence-electron chi connectivity index (χ3n) is 4.27. The summed E-state index contributed by atoms with van der Waals surface area (Å²) in [6.07, 6.45) is 0.818. The third kappa shape index (κ3) is 3.70. The van der Waals surface area contributed by atoms with Crippen molar-refractivity contribution in [3.63, 3.8) is 0 Å². The highest BCUT2D eigenvalue weighted by Gasteiger charge is 2.43. The third-order valence-corrected chi connectivity index (χ3v) is 6.29. The van der Waals surface area contributed by atoms with E-state index in [0.717, 1.165) is 6.26 Å². The second-order valence-electron chi connectivity index (χ2n) is 5.95. The summed E-state index contributed by atoms with van der Waals surface area (Å²) in [5.41, 5.74) is 1.85. The van der Waals surface area contributed by atoms with Crippen LogP contribution in [-0.2, 0) is 21.1 Å². The molecular formula is C16H19FN2O6S. The van der Waals surface area contributed by atoms with Gasteiger partial charge >= 0.3 is 0 Å². The number of benzene rings is 1. The quantitative estimate of drug-likeness (QED) is 0.549. The fourth-order valence-corrected chi connectivity index (χ4v) is 3.22. The molecule has 0 saturated heterocycles. The van der Waals surface area contributed by atoms with Gasteiger partial charge in [0, 0.05) is 12.3 Å². The topological polar surface area (TPSA) is 119 Å². The Hall–Kier alpha value is -2.46. The summed E-state index contributed by atoms with van der Waals surface area (Å²) >= 11 is 0. The van der Waals surface area contributed by atoms with Crippen molar-refractivity contribution in [1.29, 1.82) is 0 Å². The number of hydrogen-bond donors (Lipinski definition) is 2. The number of nitrogens with zero attached hydrogens (tertiary/aromatic N) is 1. The number of sulfone groups is 1. The van der Waals surface area contributed by atoms with Crippen molar-refractivity contribution in [2.24, 2.45) is 0 Å². The van der Waals surface area contributed by atoms with E-state index in [9.17, 15) is 17.6 Å². The van der Waals surface area contributed by atoms with E-state index in [1.165, 1.54) is 37.7 Å². The maximum Gasteiger partial charge on any atom is 0.264 e. The van der Waals surface area contributed by atoms with E-state index in [-0.39, 0.29) is 29.9 Å². The molecule has 1 atom stereocenters. The smallest absolute Gasteiger partial charge is 0.264 e. The minimum Gasteiger partial charge on any atom is -0.494 e. The Bertz CT molecular complexity index is 911. The zero-order valence-electron chi connectivity index (χ0n) is 14.4. The monoisotopic (exact) mass is 386 g/mol. The van der Waals surface area contributed by atoms with Gasteiger partial charge in [-0.05, 0) is 31.9 Å². The molecular weight excluding hydrogens is 367 g/mol. The van der Waals surface area contributed by atoms with Crippen LogP contribution in [0, 0.1) is 5.82 Å². The Morgan fingerprint density at radius 2 is 2.15 bits per heavy atom. The normalized spacial score (nSPS) is 13.9. The minimum absolute atomic E-state index is 0.0460. The van der Waals surface area contributed by atoms with Crippen LogP contribution in [0.1, 0.15) is 19.0 Å². The van der Waals surface area contributed by atoms with Crippen LogP contribution >= 0.6 is 0 Å². The minimum atomic E-state index is -3.81. The van der Waals surface area contributed by atoms with Gasteiger partial charge in [-0.15, -0.1) is 0 Å². The maximum absolute atomic E-state index is 14.3. The van der Waals surface area contributed by atoms with Crippen molar-refractivity contribution in [2.45, 2.75) is 24.5 Å². The number of halogens is 1. The summed E-state index contributed by atoms with van der Waals surface area (Å²) in [7, 11) is -2.47. The molecule has 0 aliphatic carbocycles. The van der Waals surface area contributed by atoms with Crippen LogP contribution in [0.15, 0.2) is 28.8 Å². The molecule has 0 aliphatic rings. The Morgan fingerprint density at radius 1 is 1.46 bits per heavy atom. The molecule has 1 amide bonds. The van der Waals surface area contributed by atoms with E-state index in [0.29, 0.717) is 5.69 Å². The fraction of sp³-hybridized carbons (Fsp3) is 0.375. The van der Waals surface area contributed by atoms with Crippen molar-refractivity contribution >= 4 is 15.7 Å². The lowest BCUT2D eigenvalue weighted by Gasteiger charge is -2.24. The molecule has 26 heavy (non-hydrogen) atoms. The number of methoxy groups -OCH3 is 1. The van der Waals surface area contributed by atoms with Gasteiger partial charge in [0.1, 0.15) is 4.75 Å². The van der Waals surface area contributed by atoms with Crippen molar-refractivity contribution < 1.29 is 32.1 Å². The van der Waals surface area contributed by atoms with E-state index in [2.05, 4.69) is 5.16 Å². The molecule has 0 bridgehead atoms. The average Bonchev–Trinajstić information content (AvgIpc) is 3.06. The molecule has 1 unspecified atom stereocenters. The second-order valence-corrected chi connectivity index (χ2v) is 8.39. The highest BCUT2D eigenvalue weighted by molar-refractivity contribution is 7.92. The standard InChI is InChI=1S/C16H19FN2O6S/c1-16(15(20)18-21,26(3,22)23)8-7-10-9-13(25-19-10)11-5-4-6-12(24-2)14(11)17/h4-6,9,21H,7-8H2,1-3H3,(H,18,20). The lowest BCUT2D eigenvalue weighted by atomic mass is 10.0. The molecule has 0 saturated carbocycles. The molecule has 2 N–H and O–H groups in total. The maximum atomic E-state index is 14.3.